The summed E-state index contributed by atoms with van der Waals surface area (Å²) in [5.41, 5.74) is 10.3. The summed E-state index contributed by atoms with van der Waals surface area (Å²) < 4.78 is 7.78. The van der Waals surface area contributed by atoms with Crippen LogP contribution in [0.2, 0.25) is 5.02 Å². The number of halogens is 1. The highest BCUT2D eigenvalue weighted by Crippen LogP contribution is 2.35. The van der Waals surface area contributed by atoms with Crippen molar-refractivity contribution in [2.75, 3.05) is 0 Å². The lowest BCUT2D eigenvalue weighted by atomic mass is 10.0. The Kier molecular flexibility index (Phi) is 4.14. The van der Waals surface area contributed by atoms with Gasteiger partial charge < -0.3 is 14.7 Å². The summed E-state index contributed by atoms with van der Waals surface area (Å²) in [6.45, 7) is 0.640. The van der Waals surface area contributed by atoms with E-state index in [-0.39, 0.29) is 0 Å². The first kappa shape index (κ1) is 17.6. The van der Waals surface area contributed by atoms with Crippen LogP contribution in [0.25, 0.3) is 33.1 Å². The van der Waals surface area contributed by atoms with Gasteiger partial charge in [0.25, 0.3) is 0 Å². The maximum Gasteiger partial charge on any atom is 0.249 e. The summed E-state index contributed by atoms with van der Waals surface area (Å²) in [5, 5.41) is 2.56. The van der Waals surface area contributed by atoms with Crippen LogP contribution in [-0.4, -0.2) is 10.5 Å². The van der Waals surface area contributed by atoms with E-state index in [1.807, 2.05) is 60.7 Å². The molecule has 0 atom stereocenters. The van der Waals surface area contributed by atoms with Crippen molar-refractivity contribution in [3.05, 3.63) is 95.2 Å². The van der Waals surface area contributed by atoms with E-state index in [2.05, 4.69) is 10.6 Å². The standard InChI is InChI=1S/C24H17ClN2O2/c25-17-9-6-15(7-10-17)14-27-20-4-1-3-19(24(26)28)23(20)18-11-8-16(13-21(18)27)22-5-2-12-29-22/h1-13H,14H2,(H2,26,28). The van der Waals surface area contributed by atoms with E-state index in [4.69, 9.17) is 21.8 Å². The molecule has 3 aromatic carbocycles. The molecule has 2 heterocycles. The molecular weight excluding hydrogens is 384 g/mol. The minimum atomic E-state index is -0.434. The van der Waals surface area contributed by atoms with E-state index in [0.717, 1.165) is 38.7 Å². The number of hydrogen-bond donors (Lipinski definition) is 1. The first-order valence-corrected chi connectivity index (χ1v) is 9.63. The second kappa shape index (κ2) is 6.83. The molecule has 0 aliphatic rings. The van der Waals surface area contributed by atoms with Crippen molar-refractivity contribution in [1.82, 2.24) is 4.57 Å². The highest BCUT2D eigenvalue weighted by Gasteiger charge is 2.17. The van der Waals surface area contributed by atoms with Gasteiger partial charge in [-0.2, -0.15) is 0 Å². The maximum absolute atomic E-state index is 12.1. The molecular formula is C24H17ClN2O2. The predicted molar refractivity (Wildman–Crippen MR) is 116 cm³/mol. The number of amides is 1. The molecule has 0 radical (unpaired) electrons. The van der Waals surface area contributed by atoms with Crippen molar-refractivity contribution in [1.29, 1.82) is 0 Å². The Morgan fingerprint density at radius 1 is 0.966 bits per heavy atom. The fourth-order valence-corrected chi connectivity index (χ4v) is 4.01. The Morgan fingerprint density at radius 3 is 2.52 bits per heavy atom. The fraction of sp³-hybridized carbons (Fsp3) is 0.0417. The van der Waals surface area contributed by atoms with Crippen LogP contribution in [0.3, 0.4) is 0 Å². The van der Waals surface area contributed by atoms with Gasteiger partial charge in [-0.05, 0) is 48.0 Å². The molecule has 0 fully saturated rings. The number of nitrogens with two attached hydrogens (primary N) is 1. The van der Waals surface area contributed by atoms with E-state index in [1.54, 1.807) is 12.3 Å². The van der Waals surface area contributed by atoms with Crippen LogP contribution in [0.5, 0.6) is 0 Å². The van der Waals surface area contributed by atoms with Gasteiger partial charge in [0.1, 0.15) is 5.76 Å². The molecule has 2 N–H and O–H groups in total. The molecule has 2 aromatic heterocycles. The predicted octanol–water partition coefficient (Wildman–Crippen LogP) is 5.86. The second-order valence-corrected chi connectivity index (χ2v) is 7.42. The first-order valence-electron chi connectivity index (χ1n) is 9.25. The lowest BCUT2D eigenvalue weighted by Gasteiger charge is -2.09. The number of primary amides is 1. The van der Waals surface area contributed by atoms with Gasteiger partial charge in [0.2, 0.25) is 5.91 Å². The molecule has 0 saturated carbocycles. The minimum Gasteiger partial charge on any atom is -0.464 e. The molecule has 0 spiro atoms. The van der Waals surface area contributed by atoms with Crippen molar-refractivity contribution >= 4 is 39.3 Å². The number of hydrogen-bond acceptors (Lipinski definition) is 2. The summed E-state index contributed by atoms with van der Waals surface area (Å²) in [6.07, 6.45) is 1.66. The first-order chi connectivity index (χ1) is 14.1. The van der Waals surface area contributed by atoms with Crippen LogP contribution in [-0.2, 0) is 6.54 Å². The lowest BCUT2D eigenvalue weighted by Crippen LogP contribution is -2.11. The molecule has 5 rings (SSSR count). The SMILES string of the molecule is NC(=O)c1cccc2c1c1ccc(-c3ccco3)cc1n2Cc1ccc(Cl)cc1. The highest BCUT2D eigenvalue weighted by molar-refractivity contribution is 6.30. The lowest BCUT2D eigenvalue weighted by molar-refractivity contribution is 0.100. The number of carbonyl (C=O) groups is 1. The quantitative estimate of drug-likeness (QED) is 0.411. The third-order valence-corrected chi connectivity index (χ3v) is 5.47. The van der Waals surface area contributed by atoms with Crippen molar-refractivity contribution < 1.29 is 9.21 Å². The zero-order valence-electron chi connectivity index (χ0n) is 15.4. The van der Waals surface area contributed by atoms with Crippen LogP contribution < -0.4 is 5.73 Å². The Bertz CT molecular complexity index is 1350. The van der Waals surface area contributed by atoms with Gasteiger partial charge in [0.05, 0.1) is 17.3 Å². The molecule has 0 unspecified atom stereocenters. The Morgan fingerprint density at radius 2 is 1.79 bits per heavy atom. The van der Waals surface area contributed by atoms with Crippen molar-refractivity contribution in [3.8, 4) is 11.3 Å². The highest BCUT2D eigenvalue weighted by atomic mass is 35.5. The zero-order valence-corrected chi connectivity index (χ0v) is 16.2. The third kappa shape index (κ3) is 2.98. The molecule has 1 amide bonds. The van der Waals surface area contributed by atoms with Crippen molar-refractivity contribution in [2.24, 2.45) is 5.73 Å². The van der Waals surface area contributed by atoms with Crippen LogP contribution in [0.4, 0.5) is 0 Å². The second-order valence-electron chi connectivity index (χ2n) is 6.99. The van der Waals surface area contributed by atoms with Crippen LogP contribution in [0.1, 0.15) is 15.9 Å². The number of furan rings is 1. The molecule has 142 valence electrons. The van der Waals surface area contributed by atoms with Gasteiger partial charge in [-0.3, -0.25) is 4.79 Å². The van der Waals surface area contributed by atoms with Gasteiger partial charge in [-0.25, -0.2) is 0 Å². The van der Waals surface area contributed by atoms with E-state index in [1.165, 1.54) is 0 Å². The number of aromatic nitrogens is 1. The Hall–Kier alpha value is -3.50. The number of fused-ring (bicyclic) bond motifs is 3. The maximum atomic E-state index is 12.1. The largest absolute Gasteiger partial charge is 0.464 e. The molecule has 5 aromatic rings. The molecule has 5 heteroatoms. The molecule has 0 aliphatic heterocycles. The van der Waals surface area contributed by atoms with Gasteiger partial charge in [-0.15, -0.1) is 0 Å². The number of carbonyl (C=O) groups excluding carboxylic acids is 1. The Labute approximate surface area is 172 Å². The van der Waals surface area contributed by atoms with Gasteiger partial charge >= 0.3 is 0 Å². The topological polar surface area (TPSA) is 61.2 Å². The third-order valence-electron chi connectivity index (χ3n) is 5.22. The average molecular weight is 401 g/mol. The summed E-state index contributed by atoms with van der Waals surface area (Å²) in [4.78, 5) is 12.1. The smallest absolute Gasteiger partial charge is 0.249 e. The van der Waals surface area contributed by atoms with Crippen LogP contribution >= 0.6 is 11.6 Å². The molecule has 0 bridgehead atoms. The number of rotatable bonds is 4. The molecule has 0 saturated heterocycles. The number of nitrogens with zero attached hydrogens (tertiary/aromatic N) is 1. The van der Waals surface area contributed by atoms with Crippen LogP contribution in [0, 0.1) is 0 Å². The summed E-state index contributed by atoms with van der Waals surface area (Å²) in [5.74, 6) is 0.363. The average Bonchev–Trinajstić information content (AvgIpc) is 3.36. The minimum absolute atomic E-state index is 0.434. The molecule has 29 heavy (non-hydrogen) atoms. The van der Waals surface area contributed by atoms with E-state index < -0.39 is 5.91 Å². The van der Waals surface area contributed by atoms with Gasteiger partial charge in [0, 0.05) is 33.5 Å². The van der Waals surface area contributed by atoms with E-state index >= 15 is 0 Å². The zero-order chi connectivity index (χ0) is 20.0. The van der Waals surface area contributed by atoms with E-state index in [0.29, 0.717) is 17.1 Å². The summed E-state index contributed by atoms with van der Waals surface area (Å²) in [7, 11) is 0. The van der Waals surface area contributed by atoms with Crippen molar-refractivity contribution in [3.63, 3.8) is 0 Å². The monoisotopic (exact) mass is 400 g/mol. The van der Waals surface area contributed by atoms with Gasteiger partial charge in [-0.1, -0.05) is 41.9 Å². The normalized spacial score (nSPS) is 11.3. The molecule has 4 nitrogen and oxygen atoms in total. The van der Waals surface area contributed by atoms with E-state index in [9.17, 15) is 4.79 Å². The molecule has 0 aliphatic carbocycles. The van der Waals surface area contributed by atoms with Crippen LogP contribution in [0.15, 0.2) is 83.5 Å². The Balaban J connectivity index is 1.81. The van der Waals surface area contributed by atoms with Crippen molar-refractivity contribution in [2.45, 2.75) is 6.54 Å². The summed E-state index contributed by atoms with van der Waals surface area (Å²) in [6, 6.07) is 23.4. The fourth-order valence-electron chi connectivity index (χ4n) is 3.89. The van der Waals surface area contributed by atoms with Gasteiger partial charge in [0.15, 0.2) is 0 Å². The summed E-state index contributed by atoms with van der Waals surface area (Å²) >= 11 is 6.05. The number of benzene rings is 3.